The van der Waals surface area contributed by atoms with Gasteiger partial charge in [0, 0.05) is 12.0 Å². The van der Waals surface area contributed by atoms with Crippen LogP contribution in [-0.2, 0) is 9.53 Å². The summed E-state index contributed by atoms with van der Waals surface area (Å²) in [5.74, 6) is 1.27. The number of nitrogens with one attached hydrogen (secondary N) is 1. The average Bonchev–Trinajstić information content (AvgIpc) is 3.00. The van der Waals surface area contributed by atoms with Gasteiger partial charge in [0.05, 0.1) is 5.60 Å². The second-order valence-electron chi connectivity index (χ2n) is 6.50. The van der Waals surface area contributed by atoms with Crippen LogP contribution in [0, 0.1) is 11.8 Å². The lowest BCUT2D eigenvalue weighted by Crippen LogP contribution is -2.57. The van der Waals surface area contributed by atoms with E-state index in [-0.39, 0.29) is 11.2 Å². The standard InChI is InChI=1S/C14H21NO2/c16-9-15-12-10-4-3-5-11(12)14-7-2-1-6-13(14,8-10)17-14/h9-12H,1-8H2,(H,15,16). The number of epoxide rings is 1. The van der Waals surface area contributed by atoms with Crippen molar-refractivity contribution in [3.05, 3.63) is 0 Å². The monoisotopic (exact) mass is 235 g/mol. The van der Waals surface area contributed by atoms with Crippen LogP contribution in [0.4, 0.5) is 0 Å². The molecule has 3 heteroatoms. The zero-order chi connectivity index (χ0) is 11.5. The Labute approximate surface area is 102 Å². The van der Waals surface area contributed by atoms with E-state index in [4.69, 9.17) is 4.74 Å². The van der Waals surface area contributed by atoms with Gasteiger partial charge >= 0.3 is 0 Å². The Kier molecular flexibility index (Phi) is 1.98. The van der Waals surface area contributed by atoms with Crippen molar-refractivity contribution in [2.75, 3.05) is 0 Å². The van der Waals surface area contributed by atoms with E-state index in [0.717, 1.165) is 6.41 Å². The van der Waals surface area contributed by atoms with Crippen molar-refractivity contribution in [1.82, 2.24) is 5.32 Å². The predicted molar refractivity (Wildman–Crippen MR) is 63.5 cm³/mol. The van der Waals surface area contributed by atoms with E-state index in [2.05, 4.69) is 5.32 Å². The molecule has 0 spiro atoms. The summed E-state index contributed by atoms with van der Waals surface area (Å²) in [4.78, 5) is 10.8. The maximum atomic E-state index is 10.8. The molecule has 1 heterocycles. The molecule has 4 rings (SSSR count). The molecular weight excluding hydrogens is 214 g/mol. The number of amides is 1. The summed E-state index contributed by atoms with van der Waals surface area (Å²) in [6.07, 6.45) is 11.1. The Hall–Kier alpha value is -0.570. The Balaban J connectivity index is 1.69. The summed E-state index contributed by atoms with van der Waals surface area (Å²) in [7, 11) is 0. The van der Waals surface area contributed by atoms with Gasteiger partial charge in [0.15, 0.2) is 0 Å². The van der Waals surface area contributed by atoms with Gasteiger partial charge in [-0.15, -0.1) is 0 Å². The smallest absolute Gasteiger partial charge is 0.207 e. The SMILES string of the molecule is O=CNC1C2CCCC1C13CCCCC1(C2)O3. The van der Waals surface area contributed by atoms with Crippen molar-refractivity contribution in [3.8, 4) is 0 Å². The van der Waals surface area contributed by atoms with Crippen LogP contribution < -0.4 is 5.32 Å². The van der Waals surface area contributed by atoms with Gasteiger partial charge in [0.25, 0.3) is 0 Å². The fraction of sp³-hybridized carbons (Fsp3) is 0.929. The number of carbonyl (C=O) groups excluding carboxylic acids is 1. The molecule has 5 unspecified atom stereocenters. The Morgan fingerprint density at radius 3 is 2.94 bits per heavy atom. The first-order valence-corrected chi connectivity index (χ1v) is 7.21. The summed E-state index contributed by atoms with van der Waals surface area (Å²) in [6, 6.07) is 0.398. The number of fused-ring (bicyclic) bond motifs is 2. The molecule has 0 aromatic carbocycles. The zero-order valence-corrected chi connectivity index (χ0v) is 10.3. The first-order chi connectivity index (χ1) is 8.31. The molecule has 3 aliphatic carbocycles. The third-order valence-electron chi connectivity index (χ3n) is 5.97. The summed E-state index contributed by atoms with van der Waals surface area (Å²) < 4.78 is 6.35. The Morgan fingerprint density at radius 1 is 1.18 bits per heavy atom. The van der Waals surface area contributed by atoms with E-state index >= 15 is 0 Å². The quantitative estimate of drug-likeness (QED) is 0.587. The molecule has 3 nitrogen and oxygen atoms in total. The van der Waals surface area contributed by atoms with Crippen molar-refractivity contribution in [3.63, 3.8) is 0 Å². The molecule has 1 N–H and O–H groups in total. The number of ether oxygens (including phenoxy) is 1. The topological polar surface area (TPSA) is 41.6 Å². The van der Waals surface area contributed by atoms with Gasteiger partial charge in [-0.3, -0.25) is 4.79 Å². The van der Waals surface area contributed by atoms with Gasteiger partial charge < -0.3 is 10.1 Å². The van der Waals surface area contributed by atoms with E-state index in [0.29, 0.717) is 17.9 Å². The zero-order valence-electron chi connectivity index (χ0n) is 10.3. The van der Waals surface area contributed by atoms with Crippen LogP contribution in [0.2, 0.25) is 0 Å². The van der Waals surface area contributed by atoms with Gasteiger partial charge in [-0.05, 0) is 38.0 Å². The number of carbonyl (C=O) groups is 1. The molecule has 2 bridgehead atoms. The third-order valence-corrected chi connectivity index (χ3v) is 5.97. The van der Waals surface area contributed by atoms with Crippen molar-refractivity contribution < 1.29 is 9.53 Å². The molecule has 1 saturated heterocycles. The summed E-state index contributed by atoms with van der Waals surface area (Å²) in [5, 5.41) is 3.11. The van der Waals surface area contributed by atoms with Gasteiger partial charge in [-0.1, -0.05) is 19.3 Å². The van der Waals surface area contributed by atoms with Crippen molar-refractivity contribution in [2.24, 2.45) is 11.8 Å². The molecule has 0 aromatic rings. The minimum Gasteiger partial charge on any atom is -0.362 e. The number of hydrogen-bond acceptors (Lipinski definition) is 2. The van der Waals surface area contributed by atoms with Crippen LogP contribution in [0.25, 0.3) is 0 Å². The average molecular weight is 235 g/mol. The van der Waals surface area contributed by atoms with Crippen molar-refractivity contribution in [2.45, 2.75) is 68.6 Å². The lowest BCUT2D eigenvalue weighted by atomic mass is 9.56. The third kappa shape index (κ3) is 1.14. The van der Waals surface area contributed by atoms with E-state index in [1.165, 1.54) is 51.4 Å². The molecule has 1 aliphatic heterocycles. The number of rotatable bonds is 2. The molecule has 17 heavy (non-hydrogen) atoms. The first kappa shape index (κ1) is 10.4. The highest BCUT2D eigenvalue weighted by atomic mass is 16.6. The summed E-state index contributed by atoms with van der Waals surface area (Å²) >= 11 is 0. The van der Waals surface area contributed by atoms with Crippen molar-refractivity contribution >= 4 is 6.41 Å². The number of hydrogen-bond donors (Lipinski definition) is 1. The normalized spacial score (nSPS) is 55.4. The van der Waals surface area contributed by atoms with Gasteiger partial charge in [0.1, 0.15) is 5.60 Å². The van der Waals surface area contributed by atoms with Crippen LogP contribution in [0.3, 0.4) is 0 Å². The fourth-order valence-electron chi connectivity index (χ4n) is 5.37. The summed E-state index contributed by atoms with van der Waals surface area (Å²) in [5.41, 5.74) is 0.408. The molecule has 0 radical (unpaired) electrons. The lowest BCUT2D eigenvalue weighted by molar-refractivity contribution is -0.111. The highest BCUT2D eigenvalue weighted by molar-refractivity contribution is 5.48. The molecule has 5 atom stereocenters. The highest BCUT2D eigenvalue weighted by Gasteiger charge is 2.77. The van der Waals surface area contributed by atoms with Crippen LogP contribution in [0.1, 0.15) is 51.4 Å². The fourth-order valence-corrected chi connectivity index (χ4v) is 5.37. The van der Waals surface area contributed by atoms with E-state index in [1.54, 1.807) is 0 Å². The largest absolute Gasteiger partial charge is 0.362 e. The van der Waals surface area contributed by atoms with E-state index in [1.807, 2.05) is 0 Å². The van der Waals surface area contributed by atoms with Gasteiger partial charge in [-0.25, -0.2) is 0 Å². The van der Waals surface area contributed by atoms with Crippen LogP contribution in [0.15, 0.2) is 0 Å². The molecule has 1 amide bonds. The summed E-state index contributed by atoms with van der Waals surface area (Å²) in [6.45, 7) is 0. The van der Waals surface area contributed by atoms with Crippen LogP contribution in [-0.4, -0.2) is 23.7 Å². The maximum absolute atomic E-state index is 10.8. The van der Waals surface area contributed by atoms with Gasteiger partial charge in [0.2, 0.25) is 6.41 Å². The minimum atomic E-state index is 0.169. The molecule has 94 valence electrons. The maximum Gasteiger partial charge on any atom is 0.207 e. The first-order valence-electron chi connectivity index (χ1n) is 7.21. The van der Waals surface area contributed by atoms with E-state index < -0.39 is 0 Å². The Morgan fingerprint density at radius 2 is 2.06 bits per heavy atom. The molecule has 4 fully saturated rings. The molecular formula is C14H21NO2. The lowest BCUT2D eigenvalue weighted by Gasteiger charge is -2.48. The van der Waals surface area contributed by atoms with Crippen LogP contribution >= 0.6 is 0 Å². The highest BCUT2D eigenvalue weighted by Crippen LogP contribution is 2.70. The molecule has 4 aliphatic rings. The second kappa shape index (κ2) is 3.25. The molecule has 3 saturated carbocycles. The second-order valence-corrected chi connectivity index (χ2v) is 6.50. The molecule has 0 aromatic heterocycles. The predicted octanol–water partition coefficient (Wildman–Crippen LogP) is 2.00. The van der Waals surface area contributed by atoms with Gasteiger partial charge in [-0.2, -0.15) is 0 Å². The van der Waals surface area contributed by atoms with E-state index in [9.17, 15) is 4.79 Å². The minimum absolute atomic E-state index is 0.169. The van der Waals surface area contributed by atoms with Crippen molar-refractivity contribution in [1.29, 1.82) is 0 Å². The van der Waals surface area contributed by atoms with Crippen LogP contribution in [0.5, 0.6) is 0 Å². The Bertz CT molecular complexity index is 358.